The van der Waals surface area contributed by atoms with Gasteiger partial charge in [0.05, 0.1) is 5.71 Å². The van der Waals surface area contributed by atoms with Gasteiger partial charge in [-0.05, 0) is 51.0 Å². The normalized spacial score (nSPS) is 19.7. The molecule has 3 amide bonds. The highest BCUT2D eigenvalue weighted by Crippen LogP contribution is 2.38. The molecule has 1 fully saturated rings. The zero-order valence-corrected chi connectivity index (χ0v) is 23.9. The Bertz CT molecular complexity index is 1260. The number of piperidine rings is 1. The molecule has 208 valence electrons. The van der Waals surface area contributed by atoms with Crippen molar-refractivity contribution in [2.75, 3.05) is 26.7 Å². The highest BCUT2D eigenvalue weighted by atomic mass is 35.5. The van der Waals surface area contributed by atoms with Crippen LogP contribution in [0.3, 0.4) is 0 Å². The lowest BCUT2D eigenvalue weighted by Crippen LogP contribution is -2.60. The molecular formula is C28H32Cl2N4O5. The Morgan fingerprint density at radius 1 is 1.13 bits per heavy atom. The highest BCUT2D eigenvalue weighted by molar-refractivity contribution is 6.34. The van der Waals surface area contributed by atoms with Crippen molar-refractivity contribution >= 4 is 46.8 Å². The fourth-order valence-corrected chi connectivity index (χ4v) is 5.36. The maximum atomic E-state index is 13.9. The van der Waals surface area contributed by atoms with E-state index in [1.165, 1.54) is 5.01 Å². The van der Waals surface area contributed by atoms with Crippen LogP contribution < -0.4 is 10.1 Å². The quantitative estimate of drug-likeness (QED) is 0.522. The Morgan fingerprint density at radius 3 is 2.44 bits per heavy atom. The third kappa shape index (κ3) is 6.83. The summed E-state index contributed by atoms with van der Waals surface area (Å²) in [5.74, 6) is -0.222. The standard InChI is InChI=1S/C28H32Cl2N4O5/c1-27(2,3)39-26(37)31-22(16-38-21-13-19(29)12-20(30)14-21)24(35)34-11-10-23-28(17-34,25(36)33(4)32-23)15-18-8-6-5-7-9-18/h5-9,12-14,22H,10-11,15-17H2,1-4H3,(H,31,37)/t22?,28-/m1/s1. The smallest absolute Gasteiger partial charge is 0.408 e. The highest BCUT2D eigenvalue weighted by Gasteiger charge is 2.54. The predicted molar refractivity (Wildman–Crippen MR) is 149 cm³/mol. The van der Waals surface area contributed by atoms with Gasteiger partial charge in [0, 0.05) is 36.6 Å². The van der Waals surface area contributed by atoms with E-state index in [9.17, 15) is 14.4 Å². The van der Waals surface area contributed by atoms with E-state index in [1.54, 1.807) is 50.9 Å². The van der Waals surface area contributed by atoms with E-state index in [-0.39, 0.29) is 19.1 Å². The van der Waals surface area contributed by atoms with Crippen molar-refractivity contribution < 1.29 is 23.9 Å². The third-order valence-corrected chi connectivity index (χ3v) is 6.94. The molecule has 1 unspecified atom stereocenters. The number of fused-ring (bicyclic) bond motifs is 1. The van der Waals surface area contributed by atoms with Crippen LogP contribution in [0.1, 0.15) is 32.8 Å². The van der Waals surface area contributed by atoms with Crippen LogP contribution in [0.5, 0.6) is 5.75 Å². The number of amides is 3. The maximum Gasteiger partial charge on any atom is 0.408 e. The summed E-state index contributed by atoms with van der Waals surface area (Å²) in [4.78, 5) is 41.6. The lowest BCUT2D eigenvalue weighted by atomic mass is 9.73. The lowest BCUT2D eigenvalue weighted by Gasteiger charge is -2.40. The first-order valence-electron chi connectivity index (χ1n) is 12.6. The summed E-state index contributed by atoms with van der Waals surface area (Å²) in [6.45, 7) is 5.45. The minimum Gasteiger partial charge on any atom is -0.491 e. The Labute approximate surface area is 238 Å². The number of halogens is 2. The van der Waals surface area contributed by atoms with Crippen LogP contribution in [-0.2, 0) is 20.7 Å². The molecule has 0 saturated carbocycles. The molecule has 39 heavy (non-hydrogen) atoms. The van der Waals surface area contributed by atoms with Crippen LogP contribution in [-0.4, -0.2) is 71.9 Å². The number of hydrogen-bond acceptors (Lipinski definition) is 6. The van der Waals surface area contributed by atoms with Crippen LogP contribution in [0, 0.1) is 5.41 Å². The topological polar surface area (TPSA) is 101 Å². The van der Waals surface area contributed by atoms with Gasteiger partial charge >= 0.3 is 6.09 Å². The van der Waals surface area contributed by atoms with Gasteiger partial charge in [-0.25, -0.2) is 9.80 Å². The molecule has 0 bridgehead atoms. The second kappa shape index (κ2) is 11.4. The number of carbonyl (C=O) groups excluding carboxylic acids is 3. The average molecular weight is 575 g/mol. The number of nitrogens with one attached hydrogen (secondary N) is 1. The molecule has 0 spiro atoms. The summed E-state index contributed by atoms with van der Waals surface area (Å²) in [5.41, 5.74) is -0.0325. The molecule has 4 rings (SSSR count). The maximum absolute atomic E-state index is 13.9. The number of alkyl carbamates (subject to hydrolysis) is 1. The predicted octanol–water partition coefficient (Wildman–Crippen LogP) is 4.55. The Hall–Kier alpha value is -3.30. The van der Waals surface area contributed by atoms with Crippen molar-refractivity contribution in [1.29, 1.82) is 0 Å². The summed E-state index contributed by atoms with van der Waals surface area (Å²) in [6, 6.07) is 13.2. The van der Waals surface area contributed by atoms with E-state index in [0.29, 0.717) is 35.2 Å². The van der Waals surface area contributed by atoms with Crippen LogP contribution in [0.15, 0.2) is 53.6 Å². The number of hydrazone groups is 1. The van der Waals surface area contributed by atoms with Gasteiger partial charge in [0.1, 0.15) is 29.4 Å². The second-order valence-corrected chi connectivity index (χ2v) is 11.6. The minimum atomic E-state index is -1.10. The Morgan fingerprint density at radius 2 is 1.79 bits per heavy atom. The molecule has 2 aromatic rings. The molecule has 0 aliphatic carbocycles. The van der Waals surface area contributed by atoms with E-state index in [1.807, 2.05) is 30.3 Å². The molecule has 2 heterocycles. The number of likely N-dealkylation sites (tertiary alicyclic amines) is 1. The monoisotopic (exact) mass is 574 g/mol. The number of hydrogen-bond donors (Lipinski definition) is 1. The molecule has 0 radical (unpaired) electrons. The summed E-state index contributed by atoms with van der Waals surface area (Å²) in [5, 5.41) is 9.24. The first-order chi connectivity index (χ1) is 18.4. The van der Waals surface area contributed by atoms with Gasteiger partial charge in [0.2, 0.25) is 5.91 Å². The van der Waals surface area contributed by atoms with E-state index in [0.717, 1.165) is 11.3 Å². The minimum absolute atomic E-state index is 0.123. The summed E-state index contributed by atoms with van der Waals surface area (Å²) >= 11 is 12.2. The molecule has 2 aliphatic heterocycles. The number of ether oxygens (including phenoxy) is 2. The fraction of sp³-hybridized carbons (Fsp3) is 0.429. The van der Waals surface area contributed by atoms with E-state index in [2.05, 4.69) is 10.4 Å². The van der Waals surface area contributed by atoms with Crippen LogP contribution in [0.4, 0.5) is 4.79 Å². The molecule has 1 N–H and O–H groups in total. The average Bonchev–Trinajstić information content (AvgIpc) is 3.09. The molecular weight excluding hydrogens is 543 g/mol. The van der Waals surface area contributed by atoms with Crippen molar-refractivity contribution in [3.05, 3.63) is 64.1 Å². The zero-order chi connectivity index (χ0) is 28.4. The van der Waals surface area contributed by atoms with Crippen molar-refractivity contribution in [2.45, 2.75) is 45.3 Å². The van der Waals surface area contributed by atoms with Gasteiger partial charge in [-0.1, -0.05) is 53.5 Å². The van der Waals surface area contributed by atoms with E-state index in [4.69, 9.17) is 32.7 Å². The molecule has 0 aromatic heterocycles. The largest absolute Gasteiger partial charge is 0.491 e. The number of rotatable bonds is 7. The van der Waals surface area contributed by atoms with Gasteiger partial charge < -0.3 is 19.7 Å². The fourth-order valence-electron chi connectivity index (χ4n) is 4.85. The van der Waals surface area contributed by atoms with Crippen molar-refractivity contribution in [3.63, 3.8) is 0 Å². The van der Waals surface area contributed by atoms with Crippen molar-refractivity contribution in [1.82, 2.24) is 15.2 Å². The number of nitrogens with zero attached hydrogens (tertiary/aromatic N) is 3. The van der Waals surface area contributed by atoms with Gasteiger partial charge in [0.25, 0.3) is 5.91 Å². The molecule has 2 atom stereocenters. The van der Waals surface area contributed by atoms with Crippen LogP contribution in [0.2, 0.25) is 10.0 Å². The molecule has 2 aliphatic rings. The second-order valence-electron chi connectivity index (χ2n) is 10.7. The van der Waals surface area contributed by atoms with E-state index < -0.39 is 29.1 Å². The van der Waals surface area contributed by atoms with Crippen LogP contribution in [0.25, 0.3) is 0 Å². The van der Waals surface area contributed by atoms with Crippen molar-refractivity contribution in [2.24, 2.45) is 10.5 Å². The van der Waals surface area contributed by atoms with Gasteiger partial charge in [-0.15, -0.1) is 0 Å². The van der Waals surface area contributed by atoms with Gasteiger partial charge in [-0.2, -0.15) is 5.10 Å². The van der Waals surface area contributed by atoms with Crippen LogP contribution >= 0.6 is 23.2 Å². The van der Waals surface area contributed by atoms with Gasteiger partial charge in [-0.3, -0.25) is 9.59 Å². The lowest BCUT2D eigenvalue weighted by molar-refractivity contribution is -0.141. The first kappa shape index (κ1) is 28.7. The summed E-state index contributed by atoms with van der Waals surface area (Å²) < 4.78 is 11.2. The van der Waals surface area contributed by atoms with Gasteiger partial charge in [0.15, 0.2) is 0 Å². The summed E-state index contributed by atoms with van der Waals surface area (Å²) in [7, 11) is 1.63. The zero-order valence-electron chi connectivity index (χ0n) is 22.4. The summed E-state index contributed by atoms with van der Waals surface area (Å²) in [6.07, 6.45) is 0.0726. The Kier molecular flexibility index (Phi) is 8.42. The molecule has 1 saturated heterocycles. The van der Waals surface area contributed by atoms with Crippen molar-refractivity contribution in [3.8, 4) is 5.75 Å². The SMILES string of the molecule is CN1N=C2CCN(C(=O)C(COc3cc(Cl)cc(Cl)c3)NC(=O)OC(C)(C)C)C[C@@]2(Cc2ccccc2)C1=O. The molecule has 11 heteroatoms. The molecule has 2 aromatic carbocycles. The van der Waals surface area contributed by atoms with E-state index >= 15 is 0 Å². The number of carbonyl (C=O) groups is 3. The third-order valence-electron chi connectivity index (χ3n) is 6.51. The number of benzene rings is 2. The first-order valence-corrected chi connectivity index (χ1v) is 13.4. The Balaban J connectivity index is 1.58. The molecule has 9 nitrogen and oxygen atoms in total.